The number of rotatable bonds is 4. The predicted octanol–water partition coefficient (Wildman–Crippen LogP) is 4.56. The van der Waals surface area contributed by atoms with Gasteiger partial charge in [-0.25, -0.2) is 4.79 Å². The van der Waals surface area contributed by atoms with Gasteiger partial charge in [-0.05, 0) is 38.1 Å². The van der Waals surface area contributed by atoms with Crippen molar-refractivity contribution in [3.63, 3.8) is 0 Å². The van der Waals surface area contributed by atoms with E-state index in [1.807, 2.05) is 31.2 Å². The first-order chi connectivity index (χ1) is 11.5. The molecule has 4 nitrogen and oxygen atoms in total. The van der Waals surface area contributed by atoms with Gasteiger partial charge in [-0.15, -0.1) is 0 Å². The summed E-state index contributed by atoms with van der Waals surface area (Å²) in [5.74, 6) is -0.809. The first-order valence-corrected chi connectivity index (χ1v) is 7.93. The third-order valence-electron chi connectivity index (χ3n) is 3.85. The molecule has 122 valence electrons. The Kier molecular flexibility index (Phi) is 4.40. The second-order valence-corrected chi connectivity index (χ2v) is 6.03. The van der Waals surface area contributed by atoms with E-state index in [1.54, 1.807) is 25.1 Å². The van der Waals surface area contributed by atoms with E-state index in [0.717, 1.165) is 16.6 Å². The molecular weight excluding hydrogens is 326 g/mol. The Hall–Kier alpha value is -2.59. The molecule has 0 aliphatic rings. The zero-order chi connectivity index (χ0) is 17.3. The van der Waals surface area contributed by atoms with Crippen molar-refractivity contribution in [3.8, 4) is 0 Å². The maximum atomic E-state index is 12.8. The average molecular weight is 342 g/mol. The van der Waals surface area contributed by atoms with E-state index in [4.69, 9.17) is 16.3 Å². The van der Waals surface area contributed by atoms with Crippen LogP contribution in [0.15, 0.2) is 48.5 Å². The van der Waals surface area contributed by atoms with Gasteiger partial charge < -0.3 is 9.72 Å². The number of aromatic nitrogens is 1. The highest BCUT2D eigenvalue weighted by molar-refractivity contribution is 6.30. The van der Waals surface area contributed by atoms with E-state index < -0.39 is 12.1 Å². The molecule has 0 amide bonds. The van der Waals surface area contributed by atoms with Gasteiger partial charge >= 0.3 is 5.97 Å². The summed E-state index contributed by atoms with van der Waals surface area (Å²) in [5, 5.41) is 1.27. The van der Waals surface area contributed by atoms with E-state index >= 15 is 0 Å². The van der Waals surface area contributed by atoms with Crippen LogP contribution in [-0.2, 0) is 4.74 Å². The molecule has 2 aromatic carbocycles. The Morgan fingerprint density at radius 1 is 1.12 bits per heavy atom. The van der Waals surface area contributed by atoms with Crippen LogP contribution >= 0.6 is 11.6 Å². The maximum absolute atomic E-state index is 12.8. The van der Waals surface area contributed by atoms with E-state index in [1.165, 1.54) is 6.07 Å². The number of aryl methyl sites for hydroxylation is 1. The van der Waals surface area contributed by atoms with Gasteiger partial charge in [-0.3, -0.25) is 4.79 Å². The number of hydrogen-bond acceptors (Lipinski definition) is 3. The number of aromatic amines is 1. The number of benzene rings is 2. The molecule has 1 N–H and O–H groups in total. The molecule has 0 bridgehead atoms. The zero-order valence-corrected chi connectivity index (χ0v) is 14.1. The summed E-state index contributed by atoms with van der Waals surface area (Å²) < 4.78 is 5.32. The lowest BCUT2D eigenvalue weighted by Gasteiger charge is -2.12. The number of fused-ring (bicyclic) bond motifs is 1. The average Bonchev–Trinajstić information content (AvgIpc) is 2.89. The van der Waals surface area contributed by atoms with E-state index in [2.05, 4.69) is 4.98 Å². The molecule has 0 fully saturated rings. The maximum Gasteiger partial charge on any atom is 0.338 e. The van der Waals surface area contributed by atoms with Gasteiger partial charge in [0.2, 0.25) is 5.78 Å². The number of nitrogens with one attached hydrogen (secondary N) is 1. The van der Waals surface area contributed by atoms with Crippen LogP contribution in [0.25, 0.3) is 10.9 Å². The van der Waals surface area contributed by atoms with Crippen LogP contribution in [0.1, 0.15) is 33.3 Å². The quantitative estimate of drug-likeness (QED) is 0.559. The standard InChI is InChI=1S/C19H16ClNO3/c1-11-17(15-8-3-4-9-16(15)21-11)18(22)12(2)24-19(23)13-6-5-7-14(20)10-13/h3-10,12,21H,1-2H3/t12-/m1/s1. The van der Waals surface area contributed by atoms with Crippen molar-refractivity contribution in [2.24, 2.45) is 0 Å². The van der Waals surface area contributed by atoms with Crippen molar-refractivity contribution in [2.45, 2.75) is 20.0 Å². The lowest BCUT2D eigenvalue weighted by Crippen LogP contribution is -2.24. The van der Waals surface area contributed by atoms with Gasteiger partial charge in [0, 0.05) is 27.2 Å². The summed E-state index contributed by atoms with van der Waals surface area (Å²) in [4.78, 5) is 28.1. The number of para-hydroxylation sites is 1. The first-order valence-electron chi connectivity index (χ1n) is 7.55. The van der Waals surface area contributed by atoms with Gasteiger partial charge in [0.05, 0.1) is 5.56 Å². The summed E-state index contributed by atoms with van der Waals surface area (Å²) in [5.41, 5.74) is 2.51. The van der Waals surface area contributed by atoms with Crippen LogP contribution in [0.5, 0.6) is 0 Å². The number of ether oxygens (including phenoxy) is 1. The molecule has 0 saturated heterocycles. The van der Waals surface area contributed by atoms with Gasteiger partial charge in [0.25, 0.3) is 0 Å². The number of carbonyl (C=O) groups is 2. The molecule has 0 unspecified atom stereocenters. The molecule has 3 aromatic rings. The van der Waals surface area contributed by atoms with Gasteiger partial charge in [-0.2, -0.15) is 0 Å². The normalized spacial score (nSPS) is 12.1. The Morgan fingerprint density at radius 2 is 1.88 bits per heavy atom. The molecular formula is C19H16ClNO3. The van der Waals surface area contributed by atoms with E-state index in [-0.39, 0.29) is 5.78 Å². The fourth-order valence-corrected chi connectivity index (χ4v) is 2.89. The highest BCUT2D eigenvalue weighted by atomic mass is 35.5. The van der Waals surface area contributed by atoms with Crippen LogP contribution in [-0.4, -0.2) is 22.8 Å². The first kappa shape index (κ1) is 16.3. The molecule has 0 saturated carbocycles. The van der Waals surface area contributed by atoms with Crippen molar-refractivity contribution < 1.29 is 14.3 Å². The molecule has 1 heterocycles. The number of carbonyl (C=O) groups excluding carboxylic acids is 2. The molecule has 0 spiro atoms. The number of hydrogen-bond donors (Lipinski definition) is 1. The van der Waals surface area contributed by atoms with Crippen LogP contribution < -0.4 is 0 Å². The smallest absolute Gasteiger partial charge is 0.338 e. The monoisotopic (exact) mass is 341 g/mol. The molecule has 1 aromatic heterocycles. The van der Waals surface area contributed by atoms with E-state index in [0.29, 0.717) is 16.1 Å². The molecule has 3 rings (SSSR count). The lowest BCUT2D eigenvalue weighted by molar-refractivity contribution is 0.0319. The SMILES string of the molecule is Cc1[nH]c2ccccc2c1C(=O)[C@@H](C)OC(=O)c1cccc(Cl)c1. The van der Waals surface area contributed by atoms with Crippen molar-refractivity contribution in [3.05, 3.63) is 70.4 Å². The highest BCUT2D eigenvalue weighted by Gasteiger charge is 2.24. The topological polar surface area (TPSA) is 59.2 Å². The Balaban J connectivity index is 1.84. The van der Waals surface area contributed by atoms with Crippen molar-refractivity contribution >= 4 is 34.3 Å². The molecule has 0 radical (unpaired) electrons. The lowest BCUT2D eigenvalue weighted by atomic mass is 10.0. The van der Waals surface area contributed by atoms with Crippen molar-refractivity contribution in [1.82, 2.24) is 4.98 Å². The van der Waals surface area contributed by atoms with E-state index in [9.17, 15) is 9.59 Å². The minimum atomic E-state index is -0.894. The third-order valence-corrected chi connectivity index (χ3v) is 4.09. The molecule has 24 heavy (non-hydrogen) atoms. The number of H-pyrrole nitrogens is 1. The van der Waals surface area contributed by atoms with Crippen LogP contribution in [0, 0.1) is 6.92 Å². The largest absolute Gasteiger partial charge is 0.451 e. The molecule has 5 heteroatoms. The van der Waals surface area contributed by atoms with Crippen molar-refractivity contribution in [2.75, 3.05) is 0 Å². The van der Waals surface area contributed by atoms with Crippen LogP contribution in [0.3, 0.4) is 0 Å². The number of Topliss-reactive ketones (excluding diaryl/α,β-unsaturated/α-hetero) is 1. The molecule has 0 aliphatic carbocycles. The highest BCUT2D eigenvalue weighted by Crippen LogP contribution is 2.24. The Labute approximate surface area is 144 Å². The fourth-order valence-electron chi connectivity index (χ4n) is 2.69. The summed E-state index contributed by atoms with van der Waals surface area (Å²) >= 11 is 5.88. The van der Waals surface area contributed by atoms with Gasteiger partial charge in [-0.1, -0.05) is 35.9 Å². The number of esters is 1. The third kappa shape index (κ3) is 3.05. The van der Waals surface area contributed by atoms with Crippen molar-refractivity contribution in [1.29, 1.82) is 0 Å². The summed E-state index contributed by atoms with van der Waals surface area (Å²) in [7, 11) is 0. The van der Waals surface area contributed by atoms with Crippen LogP contribution in [0.2, 0.25) is 5.02 Å². The minimum absolute atomic E-state index is 0.236. The number of ketones is 1. The number of halogens is 1. The minimum Gasteiger partial charge on any atom is -0.451 e. The predicted molar refractivity (Wildman–Crippen MR) is 93.7 cm³/mol. The summed E-state index contributed by atoms with van der Waals surface area (Å²) in [6.07, 6.45) is -0.894. The second kappa shape index (κ2) is 6.49. The fraction of sp³-hybridized carbons (Fsp3) is 0.158. The summed E-state index contributed by atoms with van der Waals surface area (Å²) in [6, 6.07) is 14.0. The Morgan fingerprint density at radius 3 is 2.62 bits per heavy atom. The Bertz CT molecular complexity index is 929. The molecule has 0 aliphatic heterocycles. The van der Waals surface area contributed by atoms with Gasteiger partial charge in [0.15, 0.2) is 6.10 Å². The molecule has 1 atom stereocenters. The van der Waals surface area contributed by atoms with Gasteiger partial charge in [0.1, 0.15) is 0 Å². The summed E-state index contributed by atoms with van der Waals surface area (Å²) in [6.45, 7) is 3.41. The second-order valence-electron chi connectivity index (χ2n) is 5.59. The zero-order valence-electron chi connectivity index (χ0n) is 13.3. The van der Waals surface area contributed by atoms with Crippen LogP contribution in [0.4, 0.5) is 0 Å².